The summed E-state index contributed by atoms with van der Waals surface area (Å²) in [6.07, 6.45) is -0.450. The maximum atomic E-state index is 6.93. The van der Waals surface area contributed by atoms with Gasteiger partial charge in [0, 0.05) is 26.6 Å². The van der Waals surface area contributed by atoms with E-state index in [1.807, 2.05) is 54.6 Å². The maximum absolute atomic E-state index is 6.93. The zero-order valence-electron chi connectivity index (χ0n) is 24.8. The van der Waals surface area contributed by atoms with Crippen molar-refractivity contribution >= 4 is 0 Å². The molecule has 0 spiro atoms. The van der Waals surface area contributed by atoms with E-state index < -0.39 is 18.0 Å². The lowest BCUT2D eigenvalue weighted by molar-refractivity contribution is -0.248. The van der Waals surface area contributed by atoms with E-state index in [4.69, 9.17) is 23.7 Å². The molecule has 224 valence electrons. The number of nitrogens with zero attached hydrogens (tertiary/aromatic N) is 1. The highest BCUT2D eigenvalue weighted by Crippen LogP contribution is 2.42. The van der Waals surface area contributed by atoms with E-state index in [-0.39, 0.29) is 12.1 Å². The lowest BCUT2D eigenvalue weighted by atomic mass is 9.95. The Balaban J connectivity index is 1.35. The van der Waals surface area contributed by atoms with Gasteiger partial charge < -0.3 is 23.7 Å². The molecule has 2 saturated heterocycles. The van der Waals surface area contributed by atoms with Crippen LogP contribution >= 0.6 is 0 Å². The lowest BCUT2D eigenvalue weighted by Gasteiger charge is -2.41. The van der Waals surface area contributed by atoms with Gasteiger partial charge in [0.05, 0.1) is 32.5 Å². The van der Waals surface area contributed by atoms with Crippen molar-refractivity contribution in [2.45, 2.75) is 62.9 Å². The maximum Gasteiger partial charge on any atom is 0.187 e. The van der Waals surface area contributed by atoms with Crippen LogP contribution in [0.2, 0.25) is 0 Å². The molecule has 0 radical (unpaired) electrons. The van der Waals surface area contributed by atoms with E-state index >= 15 is 0 Å². The molecule has 0 N–H and O–H groups in total. The summed E-state index contributed by atoms with van der Waals surface area (Å²) in [6.45, 7) is 3.24. The normalized spacial score (nSPS) is 25.7. The fourth-order valence-electron chi connectivity index (χ4n) is 6.31. The highest BCUT2D eigenvalue weighted by molar-refractivity contribution is 5.18. The molecule has 2 aliphatic rings. The first-order valence-electron chi connectivity index (χ1n) is 15.2. The minimum Gasteiger partial charge on any atom is -0.369 e. The summed E-state index contributed by atoms with van der Waals surface area (Å²) in [5, 5.41) is 0. The third-order valence-electron chi connectivity index (χ3n) is 8.54. The van der Waals surface area contributed by atoms with Crippen molar-refractivity contribution in [1.82, 2.24) is 4.90 Å². The van der Waals surface area contributed by atoms with Gasteiger partial charge in [-0.3, -0.25) is 4.90 Å². The standard InChI is InChI=1S/C37H41NO5/c1-39-37-22-23-38(24-29-14-6-2-7-15-29)36(37)35(42-27-32-20-12-5-13-21-32)34(41-26-31-18-10-4-11-19-31)33(28-43-37)40-25-30-16-8-3-9-17-30/h2-21,33-36H,22-28H2,1H3/t33-,34-,35-,36-,37-/m1/s1. The van der Waals surface area contributed by atoms with Crippen molar-refractivity contribution in [1.29, 1.82) is 0 Å². The van der Waals surface area contributed by atoms with Crippen molar-refractivity contribution in [3.05, 3.63) is 144 Å². The summed E-state index contributed by atoms with van der Waals surface area (Å²) in [4.78, 5) is 2.44. The molecule has 6 rings (SSSR count). The van der Waals surface area contributed by atoms with E-state index in [9.17, 15) is 0 Å². The molecule has 5 atom stereocenters. The first-order chi connectivity index (χ1) is 21.2. The fraction of sp³-hybridized carbons (Fsp3) is 0.351. The first-order valence-corrected chi connectivity index (χ1v) is 15.2. The minimum atomic E-state index is -0.852. The van der Waals surface area contributed by atoms with Crippen LogP contribution in [0.5, 0.6) is 0 Å². The third kappa shape index (κ3) is 7.24. The molecule has 6 heteroatoms. The quantitative estimate of drug-likeness (QED) is 0.194. The van der Waals surface area contributed by atoms with Gasteiger partial charge in [-0.2, -0.15) is 0 Å². The monoisotopic (exact) mass is 579 g/mol. The zero-order valence-corrected chi connectivity index (χ0v) is 24.8. The summed E-state index contributed by atoms with van der Waals surface area (Å²) in [5.41, 5.74) is 4.54. The molecule has 0 bridgehead atoms. The minimum absolute atomic E-state index is 0.215. The number of fused-ring (bicyclic) bond motifs is 1. The Morgan fingerprint density at radius 1 is 0.628 bits per heavy atom. The van der Waals surface area contributed by atoms with Crippen molar-refractivity contribution in [3.8, 4) is 0 Å². The second kappa shape index (κ2) is 14.4. The zero-order chi connectivity index (χ0) is 29.3. The van der Waals surface area contributed by atoms with E-state index in [2.05, 4.69) is 71.6 Å². The molecule has 2 aliphatic heterocycles. The summed E-state index contributed by atoms with van der Waals surface area (Å²) in [6, 6.07) is 41.1. The molecular formula is C37H41NO5. The van der Waals surface area contributed by atoms with Gasteiger partial charge >= 0.3 is 0 Å². The van der Waals surface area contributed by atoms with Gasteiger partial charge in [-0.1, -0.05) is 121 Å². The SMILES string of the molecule is CO[C@@]12CCN(Cc3ccccc3)[C@@H]1[C@H](OCc1ccccc1)[C@H](OCc1ccccc1)[C@H](OCc1ccccc1)CO2. The molecule has 4 aromatic rings. The van der Waals surface area contributed by atoms with Crippen LogP contribution in [-0.2, 0) is 50.0 Å². The number of benzene rings is 4. The van der Waals surface area contributed by atoms with Crippen molar-refractivity contribution in [3.63, 3.8) is 0 Å². The van der Waals surface area contributed by atoms with Crippen LogP contribution in [0.25, 0.3) is 0 Å². The van der Waals surface area contributed by atoms with Crippen molar-refractivity contribution in [2.24, 2.45) is 0 Å². The molecule has 43 heavy (non-hydrogen) atoms. The predicted molar refractivity (Wildman–Crippen MR) is 166 cm³/mol. The summed E-state index contributed by atoms with van der Waals surface area (Å²) in [5.74, 6) is -0.852. The Bertz CT molecular complexity index is 1370. The molecule has 0 amide bonds. The van der Waals surface area contributed by atoms with Crippen LogP contribution in [0, 0.1) is 0 Å². The Morgan fingerprint density at radius 2 is 1.09 bits per heavy atom. The largest absolute Gasteiger partial charge is 0.369 e. The number of rotatable bonds is 12. The predicted octanol–water partition coefficient (Wildman–Crippen LogP) is 6.39. The Kier molecular flexibility index (Phi) is 9.95. The Labute approximate surface area is 255 Å². The van der Waals surface area contributed by atoms with E-state index in [1.165, 1.54) is 5.56 Å². The van der Waals surface area contributed by atoms with Gasteiger partial charge in [0.25, 0.3) is 0 Å². The molecule has 6 nitrogen and oxygen atoms in total. The molecule has 0 aliphatic carbocycles. The van der Waals surface area contributed by atoms with E-state index in [0.29, 0.717) is 26.4 Å². The fourth-order valence-corrected chi connectivity index (χ4v) is 6.31. The summed E-state index contributed by atoms with van der Waals surface area (Å²) < 4.78 is 33.5. The average Bonchev–Trinajstić information content (AvgIpc) is 3.36. The first kappa shape index (κ1) is 29.7. The van der Waals surface area contributed by atoms with Crippen LogP contribution in [0.4, 0.5) is 0 Å². The number of hydrogen-bond acceptors (Lipinski definition) is 6. The molecule has 0 saturated carbocycles. The van der Waals surface area contributed by atoms with Crippen LogP contribution in [0.15, 0.2) is 121 Å². The van der Waals surface area contributed by atoms with Gasteiger partial charge in [-0.15, -0.1) is 0 Å². The average molecular weight is 580 g/mol. The highest BCUT2D eigenvalue weighted by Gasteiger charge is 2.58. The second-order valence-corrected chi connectivity index (χ2v) is 11.3. The van der Waals surface area contributed by atoms with Gasteiger partial charge in [0.1, 0.15) is 18.3 Å². The number of hydrogen-bond donors (Lipinski definition) is 0. The van der Waals surface area contributed by atoms with Gasteiger partial charge in [0.15, 0.2) is 5.79 Å². The summed E-state index contributed by atoms with van der Waals surface area (Å²) in [7, 11) is 1.75. The van der Waals surface area contributed by atoms with Gasteiger partial charge in [0.2, 0.25) is 0 Å². The van der Waals surface area contributed by atoms with Crippen molar-refractivity contribution < 1.29 is 23.7 Å². The topological polar surface area (TPSA) is 49.4 Å². The smallest absolute Gasteiger partial charge is 0.187 e. The second-order valence-electron chi connectivity index (χ2n) is 11.3. The molecule has 4 aromatic carbocycles. The number of likely N-dealkylation sites (tertiary alicyclic amines) is 1. The van der Waals surface area contributed by atoms with Crippen LogP contribution < -0.4 is 0 Å². The molecule has 2 heterocycles. The summed E-state index contributed by atoms with van der Waals surface area (Å²) >= 11 is 0. The molecule has 0 aromatic heterocycles. The molecular weight excluding hydrogens is 538 g/mol. The van der Waals surface area contributed by atoms with Crippen LogP contribution in [-0.4, -0.2) is 55.3 Å². The third-order valence-corrected chi connectivity index (χ3v) is 8.54. The molecule has 2 fully saturated rings. The Morgan fingerprint density at radius 3 is 1.60 bits per heavy atom. The van der Waals surface area contributed by atoms with Crippen LogP contribution in [0.1, 0.15) is 28.7 Å². The number of methoxy groups -OCH3 is 1. The number of ether oxygens (including phenoxy) is 5. The highest BCUT2D eigenvalue weighted by atomic mass is 16.7. The van der Waals surface area contributed by atoms with E-state index in [0.717, 1.165) is 36.2 Å². The van der Waals surface area contributed by atoms with Crippen molar-refractivity contribution in [2.75, 3.05) is 20.3 Å². The molecule has 0 unspecified atom stereocenters. The van der Waals surface area contributed by atoms with Crippen LogP contribution in [0.3, 0.4) is 0 Å². The van der Waals surface area contributed by atoms with Gasteiger partial charge in [-0.25, -0.2) is 0 Å². The van der Waals surface area contributed by atoms with Gasteiger partial charge in [-0.05, 0) is 22.3 Å². The van der Waals surface area contributed by atoms with E-state index in [1.54, 1.807) is 7.11 Å². The Hall–Kier alpha value is -3.36. The lowest BCUT2D eigenvalue weighted by Crippen LogP contribution is -2.58.